The van der Waals surface area contributed by atoms with Crippen LogP contribution in [-0.4, -0.2) is 27.8 Å². The first-order valence-corrected chi connectivity index (χ1v) is 13.0. The maximum atomic E-state index is 5.33. The second-order valence-corrected chi connectivity index (χ2v) is 10.2. The fraction of sp³-hybridized carbons (Fsp3) is 0.212. The molecule has 3 heterocycles. The molecule has 3 atom stereocenters. The molecule has 3 nitrogen and oxygen atoms in total. The van der Waals surface area contributed by atoms with Gasteiger partial charge in [0.1, 0.15) is 5.84 Å². The Morgan fingerprint density at radius 2 is 1.58 bits per heavy atom. The van der Waals surface area contributed by atoms with E-state index in [1.54, 1.807) is 5.57 Å². The molecule has 0 saturated heterocycles. The van der Waals surface area contributed by atoms with Crippen LogP contribution in [0.1, 0.15) is 30.4 Å². The van der Waals surface area contributed by atoms with Crippen molar-refractivity contribution in [2.24, 2.45) is 10.9 Å². The summed E-state index contributed by atoms with van der Waals surface area (Å²) >= 11 is 0. The highest BCUT2D eigenvalue weighted by Crippen LogP contribution is 2.44. The monoisotopic (exact) mass is 467 g/mol. The van der Waals surface area contributed by atoms with Gasteiger partial charge in [-0.15, -0.1) is 0 Å². The summed E-state index contributed by atoms with van der Waals surface area (Å²) in [6, 6.07) is 24.3. The molecule has 176 valence electrons. The number of hydrogen-bond donors (Lipinski definition) is 0. The van der Waals surface area contributed by atoms with Crippen molar-refractivity contribution in [3.63, 3.8) is 0 Å². The van der Waals surface area contributed by atoms with Crippen LogP contribution in [0.3, 0.4) is 0 Å². The van der Waals surface area contributed by atoms with Gasteiger partial charge in [0.05, 0.1) is 17.4 Å². The number of allylic oxidation sites excluding steroid dienone is 4. The summed E-state index contributed by atoms with van der Waals surface area (Å²) in [5.41, 5.74) is 9.62. The Morgan fingerprint density at radius 1 is 0.833 bits per heavy atom. The normalized spacial score (nSPS) is 23.9. The maximum absolute atomic E-state index is 5.33. The number of benzene rings is 2. The van der Waals surface area contributed by atoms with E-state index in [1.807, 2.05) is 0 Å². The molecule has 2 aliphatic heterocycles. The van der Waals surface area contributed by atoms with Crippen molar-refractivity contribution in [1.29, 1.82) is 0 Å². The van der Waals surface area contributed by atoms with Gasteiger partial charge < -0.3 is 4.90 Å². The zero-order valence-corrected chi connectivity index (χ0v) is 20.5. The number of aliphatic imine (C=N–C) groups is 1. The summed E-state index contributed by atoms with van der Waals surface area (Å²) in [5.74, 6) is 1.52. The van der Waals surface area contributed by atoms with Crippen molar-refractivity contribution < 1.29 is 0 Å². The predicted molar refractivity (Wildman–Crippen MR) is 148 cm³/mol. The summed E-state index contributed by atoms with van der Waals surface area (Å²) in [7, 11) is 0. The van der Waals surface area contributed by atoms with E-state index in [0.29, 0.717) is 12.0 Å². The molecule has 0 N–H and O–H groups in total. The molecule has 7 rings (SSSR count). The SMILES string of the molecule is Cc1cccc(-c2cccc(-c3cccc(C4=NC5C=CC=CC5[C@H]5CC6=C(C=CCC6)N45)c3)n2)c1. The Bertz CT molecular complexity index is 1500. The van der Waals surface area contributed by atoms with E-state index in [-0.39, 0.29) is 6.04 Å². The predicted octanol–water partition coefficient (Wildman–Crippen LogP) is 7.27. The van der Waals surface area contributed by atoms with Gasteiger partial charge in [0.15, 0.2) is 0 Å². The number of aryl methyl sites for hydroxylation is 1. The Morgan fingerprint density at radius 3 is 2.44 bits per heavy atom. The van der Waals surface area contributed by atoms with Gasteiger partial charge in [-0.25, -0.2) is 4.98 Å². The first kappa shape index (κ1) is 21.3. The molecular formula is C33H29N3. The summed E-state index contributed by atoms with van der Waals surface area (Å²) in [6.07, 6.45) is 17.1. The molecule has 2 aliphatic carbocycles. The Kier molecular flexibility index (Phi) is 5.09. The largest absolute Gasteiger partial charge is 0.322 e. The molecule has 0 saturated carbocycles. The highest BCUT2D eigenvalue weighted by molar-refractivity contribution is 6.02. The first-order chi connectivity index (χ1) is 17.7. The number of hydrogen-bond acceptors (Lipinski definition) is 3. The van der Waals surface area contributed by atoms with Crippen LogP contribution in [0, 0.1) is 12.8 Å². The smallest absolute Gasteiger partial charge is 0.136 e. The number of pyridine rings is 1. The molecule has 0 fully saturated rings. The van der Waals surface area contributed by atoms with Crippen LogP contribution in [0.5, 0.6) is 0 Å². The standard InChI is InChI=1S/C33H29N3/c1-22-9-6-11-23(19-22)28-16-8-17-29(34-28)24-12-7-13-26(20-24)33-35-30-15-4-3-14-27(30)32-21-25-10-2-5-18-31(25)36(32)33/h3-9,11-20,27,30,32H,2,10,21H2,1H3/t27?,30?,32-/m1/s1. The van der Waals surface area contributed by atoms with Crippen LogP contribution in [0.15, 0.2) is 119 Å². The Labute approximate surface area is 212 Å². The number of aromatic nitrogens is 1. The number of nitrogens with zero attached hydrogens (tertiary/aromatic N) is 3. The van der Waals surface area contributed by atoms with Crippen molar-refractivity contribution in [3.05, 3.63) is 126 Å². The lowest BCUT2D eigenvalue weighted by atomic mass is 9.84. The molecule has 0 bridgehead atoms. The first-order valence-electron chi connectivity index (χ1n) is 13.0. The fourth-order valence-corrected chi connectivity index (χ4v) is 6.15. The van der Waals surface area contributed by atoms with Gasteiger partial charge in [-0.1, -0.05) is 78.4 Å². The zero-order valence-electron chi connectivity index (χ0n) is 20.5. The molecule has 1 aromatic heterocycles. The van der Waals surface area contributed by atoms with Gasteiger partial charge in [0, 0.05) is 34.3 Å². The van der Waals surface area contributed by atoms with Crippen molar-refractivity contribution >= 4 is 5.84 Å². The summed E-state index contributed by atoms with van der Waals surface area (Å²) < 4.78 is 0. The van der Waals surface area contributed by atoms with Crippen molar-refractivity contribution in [2.45, 2.75) is 38.3 Å². The van der Waals surface area contributed by atoms with E-state index in [9.17, 15) is 0 Å². The summed E-state index contributed by atoms with van der Waals surface area (Å²) in [5, 5.41) is 0. The van der Waals surface area contributed by atoms with Gasteiger partial charge in [-0.3, -0.25) is 4.99 Å². The number of rotatable bonds is 3. The van der Waals surface area contributed by atoms with Crippen LogP contribution in [0.2, 0.25) is 0 Å². The lowest BCUT2D eigenvalue weighted by Crippen LogP contribution is -2.48. The van der Waals surface area contributed by atoms with Gasteiger partial charge in [0.2, 0.25) is 0 Å². The molecular weight excluding hydrogens is 438 g/mol. The molecule has 2 aromatic carbocycles. The summed E-state index contributed by atoms with van der Waals surface area (Å²) in [6.45, 7) is 2.12. The molecule has 0 radical (unpaired) electrons. The summed E-state index contributed by atoms with van der Waals surface area (Å²) in [4.78, 5) is 12.9. The topological polar surface area (TPSA) is 28.5 Å². The molecule has 36 heavy (non-hydrogen) atoms. The van der Waals surface area contributed by atoms with Crippen molar-refractivity contribution in [3.8, 4) is 22.5 Å². The third-order valence-corrected chi connectivity index (χ3v) is 7.87. The molecule has 0 spiro atoms. The Hall–Kier alpha value is -3.98. The van der Waals surface area contributed by atoms with E-state index >= 15 is 0 Å². The molecule has 3 heteroatoms. The van der Waals surface area contributed by atoms with E-state index in [4.69, 9.17) is 9.98 Å². The highest BCUT2D eigenvalue weighted by atomic mass is 15.3. The molecule has 3 aromatic rings. The van der Waals surface area contributed by atoms with Gasteiger partial charge in [0.25, 0.3) is 0 Å². The van der Waals surface area contributed by atoms with E-state index in [0.717, 1.165) is 46.8 Å². The molecule has 4 aliphatic rings. The van der Waals surface area contributed by atoms with E-state index in [2.05, 4.69) is 115 Å². The Balaban J connectivity index is 1.30. The molecule has 0 amide bonds. The van der Waals surface area contributed by atoms with Crippen LogP contribution in [-0.2, 0) is 0 Å². The molecule has 2 unspecified atom stereocenters. The van der Waals surface area contributed by atoms with Crippen molar-refractivity contribution in [2.75, 3.05) is 0 Å². The van der Waals surface area contributed by atoms with Crippen molar-refractivity contribution in [1.82, 2.24) is 9.88 Å². The second-order valence-electron chi connectivity index (χ2n) is 10.2. The second kappa shape index (κ2) is 8.60. The number of fused-ring (bicyclic) bond motifs is 4. The van der Waals surface area contributed by atoms with Gasteiger partial charge >= 0.3 is 0 Å². The van der Waals surface area contributed by atoms with Crippen LogP contribution >= 0.6 is 0 Å². The minimum absolute atomic E-state index is 0.197. The average molecular weight is 468 g/mol. The lowest BCUT2D eigenvalue weighted by molar-refractivity contribution is 0.290. The fourth-order valence-electron chi connectivity index (χ4n) is 6.15. The quantitative estimate of drug-likeness (QED) is 0.405. The number of amidine groups is 1. The third kappa shape index (κ3) is 3.58. The third-order valence-electron chi connectivity index (χ3n) is 7.87. The van der Waals surface area contributed by atoms with Crippen LogP contribution in [0.25, 0.3) is 22.5 Å². The van der Waals surface area contributed by atoms with Gasteiger partial charge in [-0.2, -0.15) is 0 Å². The van der Waals surface area contributed by atoms with Gasteiger partial charge in [-0.05, 0) is 62.1 Å². The van der Waals surface area contributed by atoms with E-state index in [1.165, 1.54) is 17.7 Å². The lowest BCUT2D eigenvalue weighted by Gasteiger charge is -2.41. The minimum Gasteiger partial charge on any atom is -0.322 e. The van der Waals surface area contributed by atoms with Crippen LogP contribution in [0.4, 0.5) is 0 Å². The minimum atomic E-state index is 0.197. The van der Waals surface area contributed by atoms with E-state index < -0.39 is 0 Å². The highest BCUT2D eigenvalue weighted by Gasteiger charge is 2.44. The van der Waals surface area contributed by atoms with Crippen LogP contribution < -0.4 is 0 Å². The maximum Gasteiger partial charge on any atom is 0.136 e. The average Bonchev–Trinajstić information content (AvgIpc) is 3.33. The zero-order chi connectivity index (χ0) is 24.1.